The highest BCUT2D eigenvalue weighted by molar-refractivity contribution is 9.13. The van der Waals surface area contributed by atoms with Gasteiger partial charge in [-0.3, -0.25) is 4.55 Å². The third kappa shape index (κ3) is 2.64. The van der Waals surface area contributed by atoms with E-state index >= 15 is 0 Å². The molecule has 9 heteroatoms. The van der Waals surface area contributed by atoms with Gasteiger partial charge < -0.3 is 0 Å². The summed E-state index contributed by atoms with van der Waals surface area (Å²) in [7, 11) is -4.35. The summed E-state index contributed by atoms with van der Waals surface area (Å²) in [6.45, 7) is 0. The van der Waals surface area contributed by atoms with Gasteiger partial charge in [0, 0.05) is 4.47 Å². The van der Waals surface area contributed by atoms with E-state index in [-0.39, 0.29) is 24.0 Å². The van der Waals surface area contributed by atoms with Crippen LogP contribution in [0.3, 0.4) is 0 Å². The SMILES string of the molecule is O=Nc1c(Br)cc(S(=O)(=O)O)c(Br)c1Br. The Kier molecular flexibility index (Phi) is 4.04. The molecule has 0 bridgehead atoms. The van der Waals surface area contributed by atoms with Crippen molar-refractivity contribution in [3.05, 3.63) is 24.4 Å². The lowest BCUT2D eigenvalue weighted by atomic mass is 10.3. The number of benzene rings is 1. The smallest absolute Gasteiger partial charge is 0.282 e. The summed E-state index contributed by atoms with van der Waals surface area (Å²) < 4.78 is 31.1. The molecule has 0 aliphatic rings. The molecule has 0 aromatic heterocycles. The van der Waals surface area contributed by atoms with Gasteiger partial charge in [-0.1, -0.05) is 0 Å². The highest BCUT2D eigenvalue weighted by Crippen LogP contribution is 2.42. The zero-order chi connectivity index (χ0) is 11.8. The fourth-order valence-corrected chi connectivity index (χ4v) is 3.89. The van der Waals surface area contributed by atoms with Crippen LogP contribution in [0.2, 0.25) is 0 Å². The maximum absolute atomic E-state index is 10.9. The van der Waals surface area contributed by atoms with E-state index in [0.29, 0.717) is 0 Å². The number of hydrogen-bond acceptors (Lipinski definition) is 4. The average molecular weight is 424 g/mol. The molecule has 0 spiro atoms. The van der Waals surface area contributed by atoms with Crippen LogP contribution < -0.4 is 0 Å². The Balaban J connectivity index is 3.70. The summed E-state index contributed by atoms with van der Waals surface area (Å²) in [6, 6.07) is 1.08. The number of nitrogens with zero attached hydrogens (tertiary/aromatic N) is 1. The average Bonchev–Trinajstić information content (AvgIpc) is 2.10. The summed E-state index contributed by atoms with van der Waals surface area (Å²) in [4.78, 5) is 10.1. The molecule has 0 aliphatic carbocycles. The number of nitroso groups, excluding NO2 is 1. The van der Waals surface area contributed by atoms with Crippen LogP contribution in [0.5, 0.6) is 0 Å². The van der Waals surface area contributed by atoms with E-state index in [1.807, 2.05) is 0 Å². The molecule has 1 aromatic rings. The summed E-state index contributed by atoms with van der Waals surface area (Å²) in [5.41, 5.74) is 0.00859. The van der Waals surface area contributed by atoms with Gasteiger partial charge in [0.05, 0.1) is 8.95 Å². The van der Waals surface area contributed by atoms with E-state index in [1.54, 1.807) is 0 Å². The Bertz CT molecular complexity index is 528. The van der Waals surface area contributed by atoms with Gasteiger partial charge in [0.15, 0.2) is 0 Å². The Morgan fingerprint density at radius 3 is 2.13 bits per heavy atom. The molecular formula is C6H2Br3NO4S. The lowest BCUT2D eigenvalue weighted by Crippen LogP contribution is -2.00. The first-order valence-corrected chi connectivity index (χ1v) is 7.09. The quantitative estimate of drug-likeness (QED) is 0.447. The van der Waals surface area contributed by atoms with Crippen molar-refractivity contribution in [2.45, 2.75) is 4.90 Å². The maximum Gasteiger partial charge on any atom is 0.295 e. The number of rotatable bonds is 2. The summed E-state index contributed by atoms with van der Waals surface area (Å²) in [5, 5.41) is 2.70. The minimum atomic E-state index is -4.35. The second-order valence-corrected chi connectivity index (χ2v) is 6.23. The molecule has 1 rings (SSSR count). The van der Waals surface area contributed by atoms with Crippen LogP contribution >= 0.6 is 47.8 Å². The van der Waals surface area contributed by atoms with Crippen LogP contribution in [0.4, 0.5) is 5.69 Å². The van der Waals surface area contributed by atoms with Crippen LogP contribution in [-0.4, -0.2) is 13.0 Å². The molecule has 0 saturated carbocycles. The van der Waals surface area contributed by atoms with Gasteiger partial charge in [-0.05, 0) is 59.0 Å². The maximum atomic E-state index is 10.9. The zero-order valence-corrected chi connectivity index (χ0v) is 12.3. The van der Waals surface area contributed by atoms with E-state index in [1.165, 1.54) is 0 Å². The molecule has 0 aliphatic heterocycles. The highest BCUT2D eigenvalue weighted by Gasteiger charge is 2.21. The Morgan fingerprint density at radius 1 is 1.20 bits per heavy atom. The highest BCUT2D eigenvalue weighted by atomic mass is 79.9. The summed E-state index contributed by atoms with van der Waals surface area (Å²) >= 11 is 8.89. The van der Waals surface area contributed by atoms with Crippen LogP contribution in [0.1, 0.15) is 0 Å². The molecular weight excluding hydrogens is 422 g/mol. The molecule has 15 heavy (non-hydrogen) atoms. The normalized spacial score (nSPS) is 11.5. The predicted molar refractivity (Wildman–Crippen MR) is 64.8 cm³/mol. The third-order valence-electron chi connectivity index (χ3n) is 1.47. The molecule has 1 aromatic carbocycles. The second kappa shape index (κ2) is 4.58. The van der Waals surface area contributed by atoms with Crippen molar-refractivity contribution in [3.8, 4) is 0 Å². The van der Waals surface area contributed by atoms with E-state index < -0.39 is 10.1 Å². The number of halogens is 3. The fourth-order valence-electron chi connectivity index (χ4n) is 0.835. The van der Waals surface area contributed by atoms with Gasteiger partial charge in [-0.25, -0.2) is 0 Å². The molecule has 0 saturated heterocycles. The molecule has 0 fully saturated rings. The lowest BCUT2D eigenvalue weighted by molar-refractivity contribution is 0.482. The van der Waals surface area contributed by atoms with Crippen molar-refractivity contribution in [1.82, 2.24) is 0 Å². The molecule has 0 radical (unpaired) electrons. The van der Waals surface area contributed by atoms with Gasteiger partial charge in [-0.2, -0.15) is 8.42 Å². The molecule has 1 N–H and O–H groups in total. The van der Waals surface area contributed by atoms with Crippen molar-refractivity contribution in [1.29, 1.82) is 0 Å². The van der Waals surface area contributed by atoms with Gasteiger partial charge in [-0.15, -0.1) is 4.91 Å². The minimum Gasteiger partial charge on any atom is -0.282 e. The number of hydrogen-bond donors (Lipinski definition) is 1. The molecule has 0 heterocycles. The van der Waals surface area contributed by atoms with E-state index in [9.17, 15) is 13.3 Å². The van der Waals surface area contributed by atoms with Gasteiger partial charge in [0.1, 0.15) is 10.6 Å². The lowest BCUT2D eigenvalue weighted by Gasteiger charge is -2.06. The first-order chi connectivity index (χ1) is 6.79. The van der Waals surface area contributed by atoms with Crippen molar-refractivity contribution in [2.75, 3.05) is 0 Å². The first-order valence-electron chi connectivity index (χ1n) is 3.27. The molecule has 0 atom stereocenters. The largest absolute Gasteiger partial charge is 0.295 e. The molecule has 5 nitrogen and oxygen atoms in total. The van der Waals surface area contributed by atoms with Crippen molar-refractivity contribution in [2.24, 2.45) is 5.18 Å². The Labute approximate surface area is 110 Å². The minimum absolute atomic E-state index is 0.00859. The summed E-state index contributed by atoms with van der Waals surface area (Å²) in [6.07, 6.45) is 0. The van der Waals surface area contributed by atoms with E-state index in [0.717, 1.165) is 6.07 Å². The van der Waals surface area contributed by atoms with Gasteiger partial charge in [0.2, 0.25) is 0 Å². The van der Waals surface area contributed by atoms with Crippen LogP contribution in [-0.2, 0) is 10.1 Å². The molecule has 0 unspecified atom stereocenters. The van der Waals surface area contributed by atoms with Crippen LogP contribution in [0, 0.1) is 4.91 Å². The van der Waals surface area contributed by atoms with E-state index in [4.69, 9.17) is 4.55 Å². The monoisotopic (exact) mass is 421 g/mol. The Hall–Kier alpha value is 0.170. The van der Waals surface area contributed by atoms with Crippen molar-refractivity contribution < 1.29 is 13.0 Å². The summed E-state index contributed by atoms with van der Waals surface area (Å²) in [5.74, 6) is 0. The van der Waals surface area contributed by atoms with Gasteiger partial charge >= 0.3 is 0 Å². The van der Waals surface area contributed by atoms with Crippen molar-refractivity contribution in [3.63, 3.8) is 0 Å². The fraction of sp³-hybridized carbons (Fsp3) is 0. The topological polar surface area (TPSA) is 83.8 Å². The second-order valence-electron chi connectivity index (χ2n) is 2.40. The first kappa shape index (κ1) is 13.2. The van der Waals surface area contributed by atoms with Crippen LogP contribution in [0.15, 0.2) is 29.6 Å². The Morgan fingerprint density at radius 2 is 1.73 bits per heavy atom. The standard InChI is InChI=1S/C6H2Br3NO4S/c7-2-1-3(15(12,13)14)4(8)5(9)6(2)10-11/h1H,(H,12,13,14). The van der Waals surface area contributed by atoms with Crippen molar-refractivity contribution >= 4 is 63.6 Å². The van der Waals surface area contributed by atoms with E-state index in [2.05, 4.69) is 53.0 Å². The predicted octanol–water partition coefficient (Wildman–Crippen LogP) is 3.62. The van der Waals surface area contributed by atoms with Gasteiger partial charge in [0.25, 0.3) is 10.1 Å². The molecule has 82 valence electrons. The molecule has 0 amide bonds. The zero-order valence-electron chi connectivity index (χ0n) is 6.74. The van der Waals surface area contributed by atoms with Crippen LogP contribution in [0.25, 0.3) is 0 Å². The third-order valence-corrected chi connectivity index (χ3v) is 5.34.